The van der Waals surface area contributed by atoms with Gasteiger partial charge in [0.2, 0.25) is 0 Å². The molecule has 0 radical (unpaired) electrons. The molecule has 144 valence electrons. The zero-order chi connectivity index (χ0) is 20.7. The molecule has 14 heteroatoms. The van der Waals surface area contributed by atoms with Crippen molar-refractivity contribution >= 4 is 57.7 Å². The third-order valence-electron chi connectivity index (χ3n) is 3.25. The van der Waals surface area contributed by atoms with Crippen LogP contribution in [0, 0.1) is 27.2 Å². The molecule has 0 saturated heterocycles. The molecule has 27 heavy (non-hydrogen) atoms. The molecule has 0 aliphatic rings. The van der Waals surface area contributed by atoms with Crippen molar-refractivity contribution in [3.8, 4) is 0 Å². The molecular formula is C13H6Cl3F3N4O4. The first-order valence-corrected chi connectivity index (χ1v) is 7.80. The number of benzene rings is 1. The van der Waals surface area contributed by atoms with Crippen LogP contribution in [0.15, 0.2) is 12.1 Å². The number of anilines is 2. The van der Waals surface area contributed by atoms with Gasteiger partial charge in [0.1, 0.15) is 10.8 Å². The van der Waals surface area contributed by atoms with Crippen molar-refractivity contribution in [1.82, 2.24) is 4.98 Å². The molecule has 1 N–H and O–H groups in total. The van der Waals surface area contributed by atoms with Crippen molar-refractivity contribution < 1.29 is 23.0 Å². The number of hydrogen-bond donors (Lipinski definition) is 1. The number of aryl methyl sites for hydroxylation is 1. The molecule has 0 fully saturated rings. The highest BCUT2D eigenvalue weighted by Gasteiger charge is 2.42. The van der Waals surface area contributed by atoms with Gasteiger partial charge >= 0.3 is 17.6 Å². The third-order valence-corrected chi connectivity index (χ3v) is 4.30. The summed E-state index contributed by atoms with van der Waals surface area (Å²) in [5, 5.41) is 23.4. The average Bonchev–Trinajstić information content (AvgIpc) is 2.50. The van der Waals surface area contributed by atoms with Crippen LogP contribution >= 0.6 is 34.8 Å². The van der Waals surface area contributed by atoms with Crippen LogP contribution in [0.1, 0.15) is 11.3 Å². The molecule has 1 heterocycles. The number of hydrogen-bond acceptors (Lipinski definition) is 6. The van der Waals surface area contributed by atoms with Crippen molar-refractivity contribution in [1.29, 1.82) is 0 Å². The largest absolute Gasteiger partial charge is 0.418 e. The summed E-state index contributed by atoms with van der Waals surface area (Å²) in [4.78, 5) is 23.9. The second kappa shape index (κ2) is 7.33. The van der Waals surface area contributed by atoms with Crippen LogP contribution < -0.4 is 5.32 Å². The lowest BCUT2D eigenvalue weighted by Crippen LogP contribution is -2.11. The van der Waals surface area contributed by atoms with Gasteiger partial charge in [-0.1, -0.05) is 34.8 Å². The van der Waals surface area contributed by atoms with E-state index in [2.05, 4.69) is 10.3 Å². The zero-order valence-corrected chi connectivity index (χ0v) is 15.2. The van der Waals surface area contributed by atoms with E-state index < -0.39 is 43.7 Å². The van der Waals surface area contributed by atoms with E-state index >= 15 is 0 Å². The van der Waals surface area contributed by atoms with Gasteiger partial charge in [-0.05, 0) is 13.0 Å². The number of halogens is 6. The highest BCUT2D eigenvalue weighted by atomic mass is 35.5. The van der Waals surface area contributed by atoms with E-state index in [1.54, 1.807) is 0 Å². The summed E-state index contributed by atoms with van der Waals surface area (Å²) in [6, 6.07) is 1.30. The molecule has 0 saturated carbocycles. The van der Waals surface area contributed by atoms with Crippen molar-refractivity contribution in [3.63, 3.8) is 0 Å². The number of alkyl halides is 3. The van der Waals surface area contributed by atoms with Crippen LogP contribution in [-0.4, -0.2) is 14.8 Å². The van der Waals surface area contributed by atoms with Gasteiger partial charge in [0.25, 0.3) is 0 Å². The standard InChI is InChI=1S/C13H6Cl3F3N4O4/c1-4-6(14)3-7(15)12(20-4)21-10-8(22(24)25)2-5(13(17,18)19)9(16)11(10)23(26)27/h2-3H,1H3,(H,20,21). The van der Waals surface area contributed by atoms with E-state index in [-0.39, 0.29) is 27.6 Å². The second-order valence-electron chi connectivity index (χ2n) is 5.00. The van der Waals surface area contributed by atoms with Gasteiger partial charge in [0.05, 0.1) is 31.1 Å². The monoisotopic (exact) mass is 444 g/mol. The summed E-state index contributed by atoms with van der Waals surface area (Å²) < 4.78 is 39.2. The summed E-state index contributed by atoms with van der Waals surface area (Å²) in [5.41, 5.74) is -4.99. The smallest absolute Gasteiger partial charge is 0.328 e. The summed E-state index contributed by atoms with van der Waals surface area (Å²) in [6.45, 7) is 1.45. The van der Waals surface area contributed by atoms with Gasteiger partial charge in [0.15, 0.2) is 5.69 Å². The lowest BCUT2D eigenvalue weighted by molar-refractivity contribution is -0.392. The fourth-order valence-electron chi connectivity index (χ4n) is 2.04. The van der Waals surface area contributed by atoms with E-state index in [9.17, 15) is 33.4 Å². The zero-order valence-electron chi connectivity index (χ0n) is 12.9. The van der Waals surface area contributed by atoms with Crippen LogP contribution in [-0.2, 0) is 6.18 Å². The maximum atomic E-state index is 13.1. The molecule has 0 amide bonds. The van der Waals surface area contributed by atoms with Crippen molar-refractivity contribution in [3.05, 3.63) is 58.7 Å². The maximum Gasteiger partial charge on any atom is 0.418 e. The first kappa shape index (κ1) is 20.9. The molecule has 0 bridgehead atoms. The fraction of sp³-hybridized carbons (Fsp3) is 0.154. The topological polar surface area (TPSA) is 111 Å². The highest BCUT2D eigenvalue weighted by molar-refractivity contribution is 6.36. The highest BCUT2D eigenvalue weighted by Crippen LogP contribution is 2.48. The Morgan fingerprint density at radius 3 is 2.15 bits per heavy atom. The molecule has 0 spiro atoms. The Kier molecular flexibility index (Phi) is 5.68. The van der Waals surface area contributed by atoms with Gasteiger partial charge in [0, 0.05) is 6.07 Å². The minimum absolute atomic E-state index is 0.0916. The number of pyridine rings is 1. The Bertz CT molecular complexity index is 969. The molecule has 0 aliphatic heterocycles. The first-order chi connectivity index (χ1) is 12.3. The molecule has 1 aromatic heterocycles. The quantitative estimate of drug-likeness (QED) is 0.461. The number of nitrogens with zero attached hydrogens (tertiary/aromatic N) is 3. The van der Waals surface area contributed by atoms with Crippen molar-refractivity contribution in [2.75, 3.05) is 5.32 Å². The number of aromatic nitrogens is 1. The molecule has 8 nitrogen and oxygen atoms in total. The molecular weight excluding hydrogens is 440 g/mol. The maximum absolute atomic E-state index is 13.1. The fourth-order valence-corrected chi connectivity index (χ4v) is 2.77. The summed E-state index contributed by atoms with van der Waals surface area (Å²) in [7, 11) is 0. The van der Waals surface area contributed by atoms with Crippen molar-refractivity contribution in [2.45, 2.75) is 13.1 Å². The minimum Gasteiger partial charge on any atom is -0.328 e. The predicted molar refractivity (Wildman–Crippen MR) is 92.0 cm³/mol. The van der Waals surface area contributed by atoms with E-state index in [0.29, 0.717) is 0 Å². The minimum atomic E-state index is -5.15. The number of nitro groups is 2. The van der Waals surface area contributed by atoms with Crippen LogP contribution in [0.2, 0.25) is 15.1 Å². The van der Waals surface area contributed by atoms with Gasteiger partial charge in [-0.25, -0.2) is 4.98 Å². The summed E-state index contributed by atoms with van der Waals surface area (Å²) in [5.74, 6) is -0.291. The normalized spacial score (nSPS) is 11.4. The Labute approximate surface area is 163 Å². The van der Waals surface area contributed by atoms with E-state index in [1.807, 2.05) is 0 Å². The third kappa shape index (κ3) is 4.15. The van der Waals surface area contributed by atoms with Crippen molar-refractivity contribution in [2.24, 2.45) is 0 Å². The first-order valence-electron chi connectivity index (χ1n) is 6.66. The van der Waals surface area contributed by atoms with Crippen LogP contribution in [0.3, 0.4) is 0 Å². The Morgan fingerprint density at radius 1 is 1.07 bits per heavy atom. The summed E-state index contributed by atoms with van der Waals surface area (Å²) in [6.07, 6.45) is -5.15. The van der Waals surface area contributed by atoms with Gasteiger partial charge in [-0.3, -0.25) is 20.2 Å². The molecule has 0 unspecified atom stereocenters. The number of nitro benzene ring substituents is 2. The lowest BCUT2D eigenvalue weighted by atomic mass is 10.1. The van der Waals surface area contributed by atoms with E-state index in [0.717, 1.165) is 0 Å². The SMILES string of the molecule is Cc1nc(Nc2c([N+](=O)[O-])cc(C(F)(F)F)c(Cl)c2[N+](=O)[O-])c(Cl)cc1Cl. The number of rotatable bonds is 4. The van der Waals surface area contributed by atoms with Gasteiger partial charge < -0.3 is 5.32 Å². The Hall–Kier alpha value is -2.37. The van der Waals surface area contributed by atoms with Crippen LogP contribution in [0.4, 0.5) is 36.1 Å². The van der Waals surface area contributed by atoms with Crippen LogP contribution in [0.25, 0.3) is 0 Å². The molecule has 2 rings (SSSR count). The molecule has 0 atom stereocenters. The molecule has 0 aliphatic carbocycles. The molecule has 2 aromatic rings. The van der Waals surface area contributed by atoms with Gasteiger partial charge in [-0.2, -0.15) is 13.2 Å². The lowest BCUT2D eigenvalue weighted by Gasteiger charge is -2.14. The van der Waals surface area contributed by atoms with Gasteiger partial charge in [-0.15, -0.1) is 0 Å². The van der Waals surface area contributed by atoms with E-state index in [4.69, 9.17) is 34.8 Å². The summed E-state index contributed by atoms with van der Waals surface area (Å²) >= 11 is 17.2. The van der Waals surface area contributed by atoms with E-state index in [1.165, 1.54) is 13.0 Å². The Balaban J connectivity index is 2.82. The molecule has 1 aromatic carbocycles. The second-order valence-corrected chi connectivity index (χ2v) is 6.20. The Morgan fingerprint density at radius 2 is 1.67 bits per heavy atom. The predicted octanol–water partition coefficient (Wildman–Crippen LogP) is 5.93. The van der Waals surface area contributed by atoms with Crippen LogP contribution in [0.5, 0.6) is 0 Å². The average molecular weight is 446 g/mol. The number of nitrogens with one attached hydrogen (secondary N) is 1.